The third-order valence-electron chi connectivity index (χ3n) is 3.40. The van der Waals surface area contributed by atoms with E-state index in [-0.39, 0.29) is 0 Å². The van der Waals surface area contributed by atoms with E-state index in [1.807, 2.05) is 12.1 Å². The Bertz CT molecular complexity index is 567. The number of rotatable bonds is 3. The quantitative estimate of drug-likeness (QED) is 0.853. The molecule has 1 saturated heterocycles. The molecule has 1 fully saturated rings. The third kappa shape index (κ3) is 2.77. The van der Waals surface area contributed by atoms with E-state index in [2.05, 4.69) is 27.9 Å². The summed E-state index contributed by atoms with van der Waals surface area (Å²) in [4.78, 5) is 15.6. The summed E-state index contributed by atoms with van der Waals surface area (Å²) >= 11 is 0. The van der Waals surface area contributed by atoms with Crippen LogP contribution in [0.3, 0.4) is 0 Å². The Morgan fingerprint density at radius 2 is 1.90 bits per heavy atom. The fraction of sp³-hybridized carbons (Fsp3) is 0.400. The lowest BCUT2D eigenvalue weighted by Gasteiger charge is -2.27. The van der Waals surface area contributed by atoms with Gasteiger partial charge < -0.3 is 9.64 Å². The maximum atomic E-state index is 5.39. The van der Waals surface area contributed by atoms with E-state index in [9.17, 15) is 0 Å². The van der Waals surface area contributed by atoms with Gasteiger partial charge in [-0.3, -0.25) is 4.98 Å². The minimum atomic E-state index is 0.740. The molecule has 3 heterocycles. The van der Waals surface area contributed by atoms with Crippen molar-refractivity contribution in [1.82, 2.24) is 15.0 Å². The first-order chi connectivity index (χ1) is 9.86. The van der Waals surface area contributed by atoms with Crippen LogP contribution in [0.1, 0.15) is 12.6 Å². The molecule has 20 heavy (non-hydrogen) atoms. The Balaban J connectivity index is 1.98. The molecular formula is C15H18N4O. The van der Waals surface area contributed by atoms with Crippen molar-refractivity contribution in [2.45, 2.75) is 13.3 Å². The summed E-state index contributed by atoms with van der Waals surface area (Å²) in [5, 5.41) is 0. The van der Waals surface area contributed by atoms with Crippen molar-refractivity contribution in [3.63, 3.8) is 0 Å². The average Bonchev–Trinajstić information content (AvgIpc) is 2.56. The molecule has 1 aliphatic rings. The van der Waals surface area contributed by atoms with Gasteiger partial charge in [0.2, 0.25) is 5.95 Å². The summed E-state index contributed by atoms with van der Waals surface area (Å²) in [6.07, 6.45) is 4.48. The minimum Gasteiger partial charge on any atom is -0.378 e. The molecular weight excluding hydrogens is 252 g/mol. The van der Waals surface area contributed by atoms with Crippen molar-refractivity contribution in [3.8, 4) is 11.3 Å². The topological polar surface area (TPSA) is 51.1 Å². The van der Waals surface area contributed by atoms with E-state index in [4.69, 9.17) is 9.72 Å². The number of aromatic nitrogens is 3. The van der Waals surface area contributed by atoms with Crippen molar-refractivity contribution >= 4 is 5.95 Å². The molecule has 0 aliphatic carbocycles. The zero-order chi connectivity index (χ0) is 13.8. The third-order valence-corrected chi connectivity index (χ3v) is 3.40. The first-order valence-corrected chi connectivity index (χ1v) is 6.98. The predicted octanol–water partition coefficient (Wildman–Crippen LogP) is 1.94. The number of aryl methyl sites for hydroxylation is 1. The number of hydrogen-bond donors (Lipinski definition) is 0. The van der Waals surface area contributed by atoms with Crippen molar-refractivity contribution in [2.75, 3.05) is 31.2 Å². The number of morpholine rings is 1. The highest BCUT2D eigenvalue weighted by Crippen LogP contribution is 2.21. The second-order valence-corrected chi connectivity index (χ2v) is 4.73. The maximum absolute atomic E-state index is 5.39. The van der Waals surface area contributed by atoms with Gasteiger partial charge in [-0.25, -0.2) is 9.97 Å². The van der Waals surface area contributed by atoms with Crippen molar-refractivity contribution in [1.29, 1.82) is 0 Å². The summed E-state index contributed by atoms with van der Waals surface area (Å²) in [5.41, 5.74) is 3.10. The van der Waals surface area contributed by atoms with Gasteiger partial charge in [0.15, 0.2) is 0 Å². The van der Waals surface area contributed by atoms with E-state index >= 15 is 0 Å². The van der Waals surface area contributed by atoms with Crippen LogP contribution in [0.4, 0.5) is 5.95 Å². The van der Waals surface area contributed by atoms with E-state index in [1.54, 1.807) is 12.4 Å². The van der Waals surface area contributed by atoms with Gasteiger partial charge in [0.25, 0.3) is 0 Å². The molecule has 2 aromatic rings. The molecule has 0 unspecified atom stereocenters. The summed E-state index contributed by atoms with van der Waals surface area (Å²) in [7, 11) is 0. The van der Waals surface area contributed by atoms with Crippen LogP contribution in [0.25, 0.3) is 11.3 Å². The molecule has 104 valence electrons. The van der Waals surface area contributed by atoms with Gasteiger partial charge in [-0.1, -0.05) is 6.92 Å². The fourth-order valence-corrected chi connectivity index (χ4v) is 2.24. The lowest BCUT2D eigenvalue weighted by Crippen LogP contribution is -2.37. The van der Waals surface area contributed by atoms with E-state index < -0.39 is 0 Å². The van der Waals surface area contributed by atoms with E-state index in [1.165, 1.54) is 0 Å². The SMILES string of the molecule is CCc1cc(-c2ccncc2)nc(N2CCOCC2)n1. The van der Waals surface area contributed by atoms with Gasteiger partial charge in [-0.15, -0.1) is 0 Å². The van der Waals surface area contributed by atoms with Crippen LogP contribution >= 0.6 is 0 Å². The standard InChI is InChI=1S/C15H18N4O/c1-2-13-11-14(12-3-5-16-6-4-12)18-15(17-13)19-7-9-20-10-8-19/h3-6,11H,2,7-10H2,1H3. The minimum absolute atomic E-state index is 0.740. The van der Waals surface area contributed by atoms with Crippen LogP contribution in [-0.2, 0) is 11.2 Å². The monoisotopic (exact) mass is 270 g/mol. The lowest BCUT2D eigenvalue weighted by atomic mass is 10.1. The second kappa shape index (κ2) is 5.96. The van der Waals surface area contributed by atoms with Crippen molar-refractivity contribution in [2.24, 2.45) is 0 Å². The number of nitrogens with zero attached hydrogens (tertiary/aromatic N) is 4. The number of pyridine rings is 1. The van der Waals surface area contributed by atoms with Crippen LogP contribution < -0.4 is 4.90 Å². The molecule has 0 bridgehead atoms. The molecule has 0 saturated carbocycles. The van der Waals surface area contributed by atoms with Gasteiger partial charge in [-0.05, 0) is 24.6 Å². The molecule has 0 radical (unpaired) electrons. The molecule has 5 nitrogen and oxygen atoms in total. The van der Waals surface area contributed by atoms with Gasteiger partial charge >= 0.3 is 0 Å². The number of hydrogen-bond acceptors (Lipinski definition) is 5. The van der Waals surface area contributed by atoms with Crippen LogP contribution in [-0.4, -0.2) is 41.3 Å². The molecule has 2 aromatic heterocycles. The molecule has 5 heteroatoms. The Morgan fingerprint density at radius 1 is 1.15 bits per heavy atom. The van der Waals surface area contributed by atoms with Gasteiger partial charge in [-0.2, -0.15) is 0 Å². The highest BCUT2D eigenvalue weighted by molar-refractivity contribution is 5.60. The highest BCUT2D eigenvalue weighted by atomic mass is 16.5. The molecule has 1 aliphatic heterocycles. The second-order valence-electron chi connectivity index (χ2n) is 4.73. The first-order valence-electron chi connectivity index (χ1n) is 6.98. The van der Waals surface area contributed by atoms with Crippen molar-refractivity contribution < 1.29 is 4.74 Å². The van der Waals surface area contributed by atoms with Crippen LogP contribution in [0.5, 0.6) is 0 Å². The average molecular weight is 270 g/mol. The Kier molecular flexibility index (Phi) is 3.87. The Morgan fingerprint density at radius 3 is 2.60 bits per heavy atom. The largest absolute Gasteiger partial charge is 0.378 e. The first kappa shape index (κ1) is 13.0. The smallest absolute Gasteiger partial charge is 0.226 e. The van der Waals surface area contributed by atoms with E-state index in [0.29, 0.717) is 0 Å². The Labute approximate surface area is 118 Å². The molecule has 0 aromatic carbocycles. The lowest BCUT2D eigenvalue weighted by molar-refractivity contribution is 0.122. The molecule has 0 atom stereocenters. The molecule has 0 spiro atoms. The van der Waals surface area contributed by atoms with Crippen LogP contribution in [0, 0.1) is 0 Å². The summed E-state index contributed by atoms with van der Waals surface area (Å²) in [6, 6.07) is 6.01. The zero-order valence-corrected chi connectivity index (χ0v) is 11.6. The summed E-state index contributed by atoms with van der Waals surface area (Å²) in [6.45, 7) is 5.29. The highest BCUT2D eigenvalue weighted by Gasteiger charge is 2.15. The number of anilines is 1. The van der Waals surface area contributed by atoms with Crippen LogP contribution in [0.15, 0.2) is 30.6 Å². The summed E-state index contributed by atoms with van der Waals surface area (Å²) < 4.78 is 5.39. The van der Waals surface area contributed by atoms with Gasteiger partial charge in [0, 0.05) is 36.7 Å². The van der Waals surface area contributed by atoms with Gasteiger partial charge in [0.1, 0.15) is 0 Å². The molecule has 0 amide bonds. The zero-order valence-electron chi connectivity index (χ0n) is 11.6. The summed E-state index contributed by atoms with van der Waals surface area (Å²) in [5.74, 6) is 0.805. The van der Waals surface area contributed by atoms with Crippen LogP contribution in [0.2, 0.25) is 0 Å². The fourth-order valence-electron chi connectivity index (χ4n) is 2.24. The molecule has 0 N–H and O–H groups in total. The number of ether oxygens (including phenoxy) is 1. The van der Waals surface area contributed by atoms with Crippen molar-refractivity contribution in [3.05, 3.63) is 36.3 Å². The normalized spacial score (nSPS) is 15.3. The Hall–Kier alpha value is -2.01. The molecule has 3 rings (SSSR count). The predicted molar refractivity (Wildman–Crippen MR) is 77.7 cm³/mol. The van der Waals surface area contributed by atoms with Gasteiger partial charge in [0.05, 0.1) is 18.9 Å². The van der Waals surface area contributed by atoms with E-state index in [0.717, 1.165) is 55.6 Å². The maximum Gasteiger partial charge on any atom is 0.226 e.